The molecule has 0 aromatic carbocycles. The highest BCUT2D eigenvalue weighted by Crippen LogP contribution is 2.34. The number of ketones is 2. The van der Waals surface area contributed by atoms with E-state index < -0.39 is 5.78 Å². The van der Waals surface area contributed by atoms with Gasteiger partial charge in [0.2, 0.25) is 11.6 Å². The van der Waals surface area contributed by atoms with E-state index in [0.717, 1.165) is 4.90 Å². The molecule has 0 atom stereocenters. The highest BCUT2D eigenvalue weighted by Gasteiger charge is 2.38. The molecule has 8 heteroatoms. The third-order valence-corrected chi connectivity index (χ3v) is 5.65. The lowest BCUT2D eigenvalue weighted by molar-refractivity contribution is 0.0937. The van der Waals surface area contributed by atoms with Crippen molar-refractivity contribution in [1.29, 1.82) is 0 Å². The highest BCUT2D eigenvalue weighted by atomic mass is 32.2. The number of hydrogen-bond donors (Lipinski definition) is 1. The van der Waals surface area contributed by atoms with Crippen molar-refractivity contribution >= 4 is 34.8 Å². The molecule has 1 aliphatic rings. The van der Waals surface area contributed by atoms with Crippen molar-refractivity contribution in [2.24, 2.45) is 0 Å². The third-order valence-electron chi connectivity index (χ3n) is 4.93. The van der Waals surface area contributed by atoms with E-state index in [1.807, 2.05) is 37.4 Å². The van der Waals surface area contributed by atoms with Gasteiger partial charge in [-0.25, -0.2) is 0 Å². The summed E-state index contributed by atoms with van der Waals surface area (Å²) in [4.78, 5) is 46.6. The summed E-state index contributed by atoms with van der Waals surface area (Å²) in [5, 5.41) is 2.87. The van der Waals surface area contributed by atoms with Crippen molar-refractivity contribution in [2.45, 2.75) is 4.90 Å². The summed E-state index contributed by atoms with van der Waals surface area (Å²) in [7, 11) is 3.83. The number of carbonyl (C=O) groups is 3. The maximum absolute atomic E-state index is 13.3. The number of rotatable bonds is 5. The summed E-state index contributed by atoms with van der Waals surface area (Å²) >= 11 is 1.53. The van der Waals surface area contributed by atoms with Crippen molar-refractivity contribution in [3.8, 4) is 0 Å². The Kier molecular flexibility index (Phi) is 4.97. The molecule has 0 saturated carbocycles. The molecule has 0 aliphatic heterocycles. The number of amides is 1. The first-order valence-electron chi connectivity index (χ1n) is 9.13. The Labute approximate surface area is 172 Å². The molecule has 0 saturated heterocycles. The van der Waals surface area contributed by atoms with Crippen LogP contribution < -0.4 is 5.32 Å². The lowest BCUT2D eigenvalue weighted by Gasteiger charge is -2.15. The molecule has 0 spiro atoms. The van der Waals surface area contributed by atoms with Crippen LogP contribution in [0.3, 0.4) is 0 Å². The lowest BCUT2D eigenvalue weighted by Crippen LogP contribution is -2.32. The van der Waals surface area contributed by atoms with Crippen LogP contribution in [0.4, 0.5) is 0 Å². The Morgan fingerprint density at radius 1 is 1.24 bits per heavy atom. The molecule has 29 heavy (non-hydrogen) atoms. The molecule has 0 bridgehead atoms. The average Bonchev–Trinajstić information content (AvgIpc) is 3.06. The summed E-state index contributed by atoms with van der Waals surface area (Å²) in [5.74, 6) is -1.08. The van der Waals surface area contributed by atoms with Crippen molar-refractivity contribution < 1.29 is 14.4 Å². The van der Waals surface area contributed by atoms with Crippen molar-refractivity contribution in [3.05, 3.63) is 64.7 Å². The summed E-state index contributed by atoms with van der Waals surface area (Å²) < 4.78 is 1.64. The Bertz CT molecular complexity index is 1170. The Morgan fingerprint density at radius 2 is 2.03 bits per heavy atom. The predicted molar refractivity (Wildman–Crippen MR) is 111 cm³/mol. The van der Waals surface area contributed by atoms with Crippen LogP contribution in [0.2, 0.25) is 0 Å². The van der Waals surface area contributed by atoms with Gasteiger partial charge in [0.25, 0.3) is 5.91 Å². The summed E-state index contributed by atoms with van der Waals surface area (Å²) in [6, 6.07) is 6.92. The average molecular weight is 408 g/mol. The molecule has 3 heterocycles. The van der Waals surface area contributed by atoms with Crippen LogP contribution in [-0.4, -0.2) is 65.2 Å². The van der Waals surface area contributed by atoms with Gasteiger partial charge in [-0.1, -0.05) is 0 Å². The van der Waals surface area contributed by atoms with Crippen molar-refractivity contribution in [3.63, 3.8) is 0 Å². The van der Waals surface area contributed by atoms with Crippen LogP contribution in [0.25, 0.3) is 5.52 Å². The lowest BCUT2D eigenvalue weighted by atomic mass is 9.89. The van der Waals surface area contributed by atoms with E-state index in [2.05, 4.69) is 10.3 Å². The van der Waals surface area contributed by atoms with Crippen LogP contribution in [0.1, 0.15) is 42.5 Å². The fourth-order valence-corrected chi connectivity index (χ4v) is 3.96. The van der Waals surface area contributed by atoms with Gasteiger partial charge in [-0.05, 0) is 44.6 Å². The van der Waals surface area contributed by atoms with Crippen molar-refractivity contribution in [2.75, 3.05) is 33.4 Å². The molecule has 0 radical (unpaired) electrons. The zero-order valence-electron chi connectivity index (χ0n) is 16.4. The molecule has 148 valence electrons. The molecule has 0 fully saturated rings. The number of aromatic nitrogens is 2. The van der Waals surface area contributed by atoms with E-state index in [-0.39, 0.29) is 39.8 Å². The Morgan fingerprint density at radius 3 is 2.76 bits per heavy atom. The number of carbonyl (C=O) groups excluding carboxylic acids is 3. The number of thioether (sulfide) groups is 1. The van der Waals surface area contributed by atoms with Crippen LogP contribution in [0.15, 0.2) is 41.6 Å². The molecule has 7 nitrogen and oxygen atoms in total. The van der Waals surface area contributed by atoms with Gasteiger partial charge in [-0.3, -0.25) is 19.4 Å². The monoisotopic (exact) mass is 408 g/mol. The second kappa shape index (κ2) is 7.46. The SMILES string of the molecule is CSc1ccn2c3c(c(C(=O)NCCN(C)C)c2c1)C(=O)c1ncccc1C3=O. The quantitative estimate of drug-likeness (QED) is 0.510. The van der Waals surface area contributed by atoms with Crippen LogP contribution >= 0.6 is 11.8 Å². The van der Waals surface area contributed by atoms with Gasteiger partial charge >= 0.3 is 0 Å². The standard InChI is InChI=1S/C21H20N4O3S/c1-24(2)10-8-23-21(28)15-14-11-12(29-3)6-9-25(14)18-16(15)20(27)17-13(19(18)26)5-4-7-22-17/h4-7,9,11H,8,10H2,1-3H3,(H,23,28). The molecule has 1 aliphatic carbocycles. The van der Waals surface area contributed by atoms with Crippen molar-refractivity contribution in [1.82, 2.24) is 19.6 Å². The number of likely N-dealkylation sites (N-methyl/N-ethyl adjacent to an activating group) is 1. The third kappa shape index (κ3) is 3.14. The fourth-order valence-electron chi connectivity index (χ4n) is 3.53. The first-order chi connectivity index (χ1) is 13.9. The number of pyridine rings is 2. The van der Waals surface area contributed by atoms with Gasteiger partial charge in [-0.2, -0.15) is 0 Å². The van der Waals surface area contributed by atoms with Gasteiger partial charge in [-0.15, -0.1) is 11.8 Å². The van der Waals surface area contributed by atoms with E-state index in [0.29, 0.717) is 18.6 Å². The molecule has 3 aromatic heterocycles. The van der Waals surface area contributed by atoms with Gasteiger partial charge in [0.05, 0.1) is 22.2 Å². The number of nitrogens with one attached hydrogen (secondary N) is 1. The van der Waals surface area contributed by atoms with Gasteiger partial charge in [0.1, 0.15) is 11.4 Å². The van der Waals surface area contributed by atoms with Crippen LogP contribution in [0, 0.1) is 0 Å². The first-order valence-corrected chi connectivity index (χ1v) is 10.4. The highest BCUT2D eigenvalue weighted by molar-refractivity contribution is 7.98. The molecule has 3 aromatic rings. The minimum absolute atomic E-state index is 0.0911. The molecule has 0 unspecified atom stereocenters. The predicted octanol–water partition coefficient (Wildman–Crippen LogP) is 2.12. The van der Waals surface area contributed by atoms with Gasteiger partial charge < -0.3 is 14.6 Å². The normalized spacial score (nSPS) is 13.0. The van der Waals surface area contributed by atoms with E-state index in [9.17, 15) is 14.4 Å². The summed E-state index contributed by atoms with van der Waals surface area (Å²) in [5.41, 5.74) is 1.46. The Balaban J connectivity index is 1.94. The van der Waals surface area contributed by atoms with Crippen LogP contribution in [0.5, 0.6) is 0 Å². The maximum Gasteiger partial charge on any atom is 0.254 e. The fraction of sp³-hybridized carbons (Fsp3) is 0.238. The molecule has 1 amide bonds. The largest absolute Gasteiger partial charge is 0.351 e. The van der Waals surface area contributed by atoms with Gasteiger partial charge in [0.15, 0.2) is 0 Å². The molecule has 4 rings (SSSR count). The summed E-state index contributed by atoms with van der Waals surface area (Å²) in [6.07, 6.45) is 5.15. The number of fused-ring (bicyclic) bond motifs is 4. The van der Waals surface area contributed by atoms with E-state index in [1.54, 1.807) is 22.7 Å². The maximum atomic E-state index is 13.3. The zero-order chi connectivity index (χ0) is 20.7. The topological polar surface area (TPSA) is 83.8 Å². The zero-order valence-corrected chi connectivity index (χ0v) is 17.2. The second-order valence-corrected chi connectivity index (χ2v) is 7.92. The van der Waals surface area contributed by atoms with Crippen LogP contribution in [-0.2, 0) is 0 Å². The minimum atomic E-state index is -0.401. The first kappa shape index (κ1) is 19.4. The van der Waals surface area contributed by atoms with E-state index in [1.165, 1.54) is 18.0 Å². The number of nitrogens with zero attached hydrogens (tertiary/aromatic N) is 3. The summed E-state index contributed by atoms with van der Waals surface area (Å²) in [6.45, 7) is 1.09. The van der Waals surface area contributed by atoms with E-state index in [4.69, 9.17) is 0 Å². The second-order valence-electron chi connectivity index (χ2n) is 7.04. The molecular formula is C21H20N4O3S. The van der Waals surface area contributed by atoms with Gasteiger partial charge in [0, 0.05) is 30.4 Å². The smallest absolute Gasteiger partial charge is 0.254 e. The molecular weight excluding hydrogens is 388 g/mol. The number of hydrogen-bond acceptors (Lipinski definition) is 6. The Hall–Kier alpha value is -2.97. The molecule has 1 N–H and O–H groups in total. The van der Waals surface area contributed by atoms with E-state index >= 15 is 0 Å². The minimum Gasteiger partial charge on any atom is -0.351 e.